The van der Waals surface area contributed by atoms with Gasteiger partial charge in [-0.2, -0.15) is 0 Å². The molecule has 0 atom stereocenters. The number of aryl methyl sites for hydroxylation is 1. The third kappa shape index (κ3) is 4.39. The summed E-state index contributed by atoms with van der Waals surface area (Å²) in [7, 11) is 0. The second-order valence-corrected chi connectivity index (χ2v) is 5.55. The number of rotatable bonds is 5. The number of benzene rings is 2. The van der Waals surface area contributed by atoms with E-state index in [0.717, 1.165) is 22.3 Å². The molecule has 2 aromatic carbocycles. The van der Waals surface area contributed by atoms with Gasteiger partial charge in [0.1, 0.15) is 18.9 Å². The van der Waals surface area contributed by atoms with Crippen molar-refractivity contribution >= 4 is 16.9 Å². The quantitative estimate of drug-likeness (QED) is 0.730. The van der Waals surface area contributed by atoms with Crippen LogP contribution in [-0.2, 0) is 11.3 Å². The molecule has 0 fully saturated rings. The molecule has 3 rings (SSSR count). The van der Waals surface area contributed by atoms with Crippen LogP contribution >= 0.6 is 0 Å². The highest BCUT2D eigenvalue weighted by molar-refractivity contribution is 5.80. The van der Waals surface area contributed by atoms with E-state index in [1.807, 2.05) is 60.0 Å². The van der Waals surface area contributed by atoms with Gasteiger partial charge in [-0.25, -0.2) is 4.98 Å². The fraction of sp³-hybridized carbons (Fsp3) is 0.200. The Morgan fingerprint density at radius 2 is 1.96 bits per heavy atom. The first-order valence-corrected chi connectivity index (χ1v) is 8.05. The molecule has 1 aromatic heterocycles. The Hall–Kier alpha value is -3.26. The van der Waals surface area contributed by atoms with Gasteiger partial charge in [0, 0.05) is 0 Å². The van der Waals surface area contributed by atoms with Gasteiger partial charge >= 0.3 is 0 Å². The summed E-state index contributed by atoms with van der Waals surface area (Å²) in [6.45, 7) is 2.81. The Morgan fingerprint density at radius 1 is 1.16 bits per heavy atom. The molecule has 5 nitrogen and oxygen atoms in total. The minimum Gasteiger partial charge on any atom is -0.481 e. The molecule has 1 heterocycles. The van der Waals surface area contributed by atoms with Crippen LogP contribution in [0.25, 0.3) is 11.0 Å². The molecule has 25 heavy (non-hydrogen) atoms. The number of hydrogen-bond donors (Lipinski definition) is 1. The Labute approximate surface area is 146 Å². The zero-order valence-corrected chi connectivity index (χ0v) is 14.0. The van der Waals surface area contributed by atoms with Crippen LogP contribution in [0.5, 0.6) is 5.75 Å². The number of hydrogen-bond acceptors (Lipinski definition) is 3. The SMILES string of the molecule is Cc1ccccc1OCC#CCNC(=O)Cn1cnc2ccccc21. The molecule has 0 saturated carbocycles. The van der Waals surface area contributed by atoms with Crippen molar-refractivity contribution in [3.05, 3.63) is 60.4 Å². The number of amides is 1. The summed E-state index contributed by atoms with van der Waals surface area (Å²) in [4.78, 5) is 16.3. The lowest BCUT2D eigenvalue weighted by molar-refractivity contribution is -0.121. The number of para-hydroxylation sites is 3. The minimum atomic E-state index is -0.0997. The van der Waals surface area contributed by atoms with Gasteiger partial charge in [0.15, 0.2) is 0 Å². The number of imidazole rings is 1. The molecule has 1 amide bonds. The van der Waals surface area contributed by atoms with Crippen molar-refractivity contribution < 1.29 is 9.53 Å². The Balaban J connectivity index is 1.43. The van der Waals surface area contributed by atoms with Gasteiger partial charge in [0.05, 0.1) is 23.9 Å². The Morgan fingerprint density at radius 3 is 2.84 bits per heavy atom. The predicted molar refractivity (Wildman–Crippen MR) is 97.2 cm³/mol. The van der Waals surface area contributed by atoms with E-state index in [1.54, 1.807) is 6.33 Å². The van der Waals surface area contributed by atoms with Crippen LogP contribution in [0, 0.1) is 18.8 Å². The topological polar surface area (TPSA) is 56.1 Å². The van der Waals surface area contributed by atoms with Gasteiger partial charge in [-0.3, -0.25) is 4.79 Å². The average molecular weight is 333 g/mol. The van der Waals surface area contributed by atoms with Crippen molar-refractivity contribution in [1.82, 2.24) is 14.9 Å². The molecular weight excluding hydrogens is 314 g/mol. The Bertz CT molecular complexity index is 935. The lowest BCUT2D eigenvalue weighted by Gasteiger charge is -2.05. The highest BCUT2D eigenvalue weighted by atomic mass is 16.5. The first kappa shape index (κ1) is 16.6. The smallest absolute Gasteiger partial charge is 0.240 e. The molecule has 0 radical (unpaired) electrons. The number of aromatic nitrogens is 2. The number of ether oxygens (including phenoxy) is 1. The molecular formula is C20H19N3O2. The number of fused-ring (bicyclic) bond motifs is 1. The zero-order chi connectivity index (χ0) is 17.5. The van der Waals surface area contributed by atoms with Crippen molar-refractivity contribution in [3.8, 4) is 17.6 Å². The first-order valence-electron chi connectivity index (χ1n) is 8.05. The van der Waals surface area contributed by atoms with E-state index in [4.69, 9.17) is 4.74 Å². The molecule has 0 aliphatic heterocycles. The van der Waals surface area contributed by atoms with E-state index in [1.165, 1.54) is 0 Å². The van der Waals surface area contributed by atoms with E-state index < -0.39 is 0 Å². The summed E-state index contributed by atoms with van der Waals surface area (Å²) in [5.41, 5.74) is 2.89. The predicted octanol–water partition coefficient (Wildman–Crippen LogP) is 2.54. The van der Waals surface area contributed by atoms with E-state index >= 15 is 0 Å². The van der Waals surface area contributed by atoms with E-state index in [9.17, 15) is 4.79 Å². The molecule has 1 N–H and O–H groups in total. The van der Waals surface area contributed by atoms with Crippen LogP contribution in [-0.4, -0.2) is 28.6 Å². The van der Waals surface area contributed by atoms with Gasteiger partial charge < -0.3 is 14.6 Å². The van der Waals surface area contributed by atoms with Crippen molar-refractivity contribution in [3.63, 3.8) is 0 Å². The molecule has 126 valence electrons. The third-order valence-corrected chi connectivity index (χ3v) is 3.73. The maximum atomic E-state index is 12.0. The average Bonchev–Trinajstić information content (AvgIpc) is 3.02. The molecule has 0 aliphatic rings. The standard InChI is InChI=1S/C20H19N3O2/c1-16-8-2-5-11-19(16)25-13-7-6-12-21-20(24)14-23-15-22-17-9-3-4-10-18(17)23/h2-5,8-11,15H,12-14H2,1H3,(H,21,24). The third-order valence-electron chi connectivity index (χ3n) is 3.73. The maximum absolute atomic E-state index is 12.0. The van der Waals surface area contributed by atoms with Gasteiger partial charge in [0.2, 0.25) is 5.91 Å². The van der Waals surface area contributed by atoms with Gasteiger partial charge in [-0.1, -0.05) is 42.2 Å². The molecule has 5 heteroatoms. The molecule has 0 aliphatic carbocycles. The molecule has 0 saturated heterocycles. The summed E-state index contributed by atoms with van der Waals surface area (Å²) < 4.78 is 7.40. The molecule has 3 aromatic rings. The monoisotopic (exact) mass is 333 g/mol. The molecule has 0 bridgehead atoms. The summed E-state index contributed by atoms with van der Waals surface area (Å²) in [6, 6.07) is 15.5. The maximum Gasteiger partial charge on any atom is 0.240 e. The zero-order valence-electron chi connectivity index (χ0n) is 14.0. The largest absolute Gasteiger partial charge is 0.481 e. The van der Waals surface area contributed by atoms with Crippen LogP contribution in [0.1, 0.15) is 5.56 Å². The highest BCUT2D eigenvalue weighted by Crippen LogP contribution is 2.15. The lowest BCUT2D eigenvalue weighted by Crippen LogP contribution is -2.27. The highest BCUT2D eigenvalue weighted by Gasteiger charge is 2.05. The Kier molecular flexibility index (Phi) is 5.32. The van der Waals surface area contributed by atoms with Crippen LogP contribution in [0.3, 0.4) is 0 Å². The number of carbonyl (C=O) groups is 1. The number of nitrogens with zero attached hydrogens (tertiary/aromatic N) is 2. The van der Waals surface area contributed by atoms with Crippen molar-refractivity contribution in [2.75, 3.05) is 13.2 Å². The summed E-state index contributed by atoms with van der Waals surface area (Å²) >= 11 is 0. The fourth-order valence-electron chi connectivity index (χ4n) is 2.44. The van der Waals surface area contributed by atoms with Gasteiger partial charge in [0.25, 0.3) is 0 Å². The summed E-state index contributed by atoms with van der Waals surface area (Å²) in [6.07, 6.45) is 1.67. The fourth-order valence-corrected chi connectivity index (χ4v) is 2.44. The summed E-state index contributed by atoms with van der Waals surface area (Å²) in [5.74, 6) is 6.52. The van der Waals surface area contributed by atoms with Crippen LogP contribution in [0.2, 0.25) is 0 Å². The van der Waals surface area contributed by atoms with E-state index in [2.05, 4.69) is 22.1 Å². The van der Waals surface area contributed by atoms with Crippen LogP contribution in [0.15, 0.2) is 54.9 Å². The molecule has 0 spiro atoms. The van der Waals surface area contributed by atoms with Crippen LogP contribution < -0.4 is 10.1 Å². The second kappa shape index (κ2) is 8.02. The van der Waals surface area contributed by atoms with Crippen LogP contribution in [0.4, 0.5) is 0 Å². The first-order chi connectivity index (χ1) is 12.2. The summed E-state index contributed by atoms with van der Waals surface area (Å²) in [5, 5.41) is 2.78. The van der Waals surface area contributed by atoms with E-state index in [0.29, 0.717) is 13.2 Å². The normalized spacial score (nSPS) is 10.1. The minimum absolute atomic E-state index is 0.0997. The van der Waals surface area contributed by atoms with Gasteiger partial charge in [-0.05, 0) is 30.7 Å². The van der Waals surface area contributed by atoms with Crippen molar-refractivity contribution in [1.29, 1.82) is 0 Å². The number of nitrogens with one attached hydrogen (secondary N) is 1. The second-order valence-electron chi connectivity index (χ2n) is 5.55. The van der Waals surface area contributed by atoms with E-state index in [-0.39, 0.29) is 12.5 Å². The van der Waals surface area contributed by atoms with Crippen molar-refractivity contribution in [2.24, 2.45) is 0 Å². The van der Waals surface area contributed by atoms with Crippen molar-refractivity contribution in [2.45, 2.75) is 13.5 Å². The van der Waals surface area contributed by atoms with Gasteiger partial charge in [-0.15, -0.1) is 0 Å². The number of carbonyl (C=O) groups excluding carboxylic acids is 1. The lowest BCUT2D eigenvalue weighted by atomic mass is 10.2. The molecule has 0 unspecified atom stereocenters.